The van der Waals surface area contributed by atoms with E-state index in [1.165, 1.54) is 0 Å². The van der Waals surface area contributed by atoms with Gasteiger partial charge in [-0.2, -0.15) is 14.9 Å². The zero-order valence-electron chi connectivity index (χ0n) is 15.7. The van der Waals surface area contributed by atoms with Crippen molar-refractivity contribution < 1.29 is 4.57 Å². The third-order valence-electron chi connectivity index (χ3n) is 4.84. The van der Waals surface area contributed by atoms with Gasteiger partial charge in [0.25, 0.3) is 0 Å². The maximum absolute atomic E-state index is 8.94. The molecule has 0 fully saturated rings. The smallest absolute Gasteiger partial charge is 0.328 e. The average molecular weight is 390 g/mol. The Morgan fingerprint density at radius 1 is 1.11 bits per heavy atom. The Morgan fingerprint density at radius 2 is 1.86 bits per heavy atom. The van der Waals surface area contributed by atoms with Crippen LogP contribution in [0.25, 0.3) is 16.7 Å². The number of nitriles is 1. The Balaban J connectivity index is 1.71. The first-order chi connectivity index (χ1) is 13.7. The summed E-state index contributed by atoms with van der Waals surface area (Å²) in [6, 6.07) is 20.4. The molecule has 0 bridgehead atoms. The van der Waals surface area contributed by atoms with Gasteiger partial charge >= 0.3 is 4.77 Å². The summed E-state index contributed by atoms with van der Waals surface area (Å²) >= 11 is 5.69. The van der Waals surface area contributed by atoms with E-state index in [9.17, 15) is 0 Å². The van der Waals surface area contributed by atoms with Crippen molar-refractivity contribution in [1.82, 2.24) is 19.3 Å². The molecule has 0 aliphatic heterocycles. The molecular formula is C21H21N6S+. The van der Waals surface area contributed by atoms with Crippen molar-refractivity contribution in [3.63, 3.8) is 0 Å². The summed E-state index contributed by atoms with van der Waals surface area (Å²) in [4.78, 5) is 4.65. The van der Waals surface area contributed by atoms with Gasteiger partial charge in [0.05, 0.1) is 29.9 Å². The molecule has 0 spiro atoms. The Kier molecular flexibility index (Phi) is 5.04. The van der Waals surface area contributed by atoms with Gasteiger partial charge in [-0.25, -0.2) is 4.98 Å². The van der Waals surface area contributed by atoms with Crippen LogP contribution in [0.3, 0.4) is 0 Å². The number of imidazole rings is 1. The van der Waals surface area contributed by atoms with E-state index in [1.807, 2.05) is 60.1 Å². The summed E-state index contributed by atoms with van der Waals surface area (Å²) in [7, 11) is 0. The topological polar surface area (TPSA) is 66.2 Å². The van der Waals surface area contributed by atoms with Crippen LogP contribution in [0.4, 0.5) is 0 Å². The number of hydrogen-bond acceptors (Lipinski definition) is 3. The molecule has 28 heavy (non-hydrogen) atoms. The normalized spacial score (nSPS) is 11.0. The highest BCUT2D eigenvalue weighted by atomic mass is 32.1. The van der Waals surface area contributed by atoms with Gasteiger partial charge in [-0.3, -0.25) is 0 Å². The van der Waals surface area contributed by atoms with E-state index in [1.54, 1.807) is 0 Å². The summed E-state index contributed by atoms with van der Waals surface area (Å²) in [5.74, 6) is 2.00. The third-order valence-corrected chi connectivity index (χ3v) is 5.24. The molecule has 4 aromatic rings. The Morgan fingerprint density at radius 3 is 2.64 bits per heavy atom. The molecule has 140 valence electrons. The SMILES string of the molecule is Cc1nc2ccccc2n1CCc1[nH]n(CCC#N)c(=S)[n+]1-c1ccccc1. The summed E-state index contributed by atoms with van der Waals surface area (Å²) in [5, 5.41) is 12.3. The molecule has 0 aliphatic carbocycles. The number of H-pyrrole nitrogens is 1. The lowest BCUT2D eigenvalue weighted by molar-refractivity contribution is -0.612. The van der Waals surface area contributed by atoms with Gasteiger partial charge in [0.15, 0.2) is 0 Å². The van der Waals surface area contributed by atoms with E-state index >= 15 is 0 Å². The number of nitrogens with zero attached hydrogens (tertiary/aromatic N) is 5. The van der Waals surface area contributed by atoms with Crippen molar-refractivity contribution in [2.45, 2.75) is 32.9 Å². The predicted octanol–water partition coefficient (Wildman–Crippen LogP) is 3.64. The van der Waals surface area contributed by atoms with Gasteiger partial charge < -0.3 is 4.57 Å². The molecule has 6 nitrogen and oxygen atoms in total. The number of aromatic amines is 1. The van der Waals surface area contributed by atoms with Crippen molar-refractivity contribution >= 4 is 23.3 Å². The van der Waals surface area contributed by atoms with Crippen molar-refractivity contribution in [1.29, 1.82) is 5.26 Å². The lowest BCUT2D eigenvalue weighted by Crippen LogP contribution is -2.35. The molecule has 0 unspecified atom stereocenters. The average Bonchev–Trinajstić information content (AvgIpc) is 3.21. The van der Waals surface area contributed by atoms with Crippen LogP contribution in [0, 0.1) is 23.0 Å². The number of hydrogen-bond donors (Lipinski definition) is 1. The first kappa shape index (κ1) is 18.1. The number of para-hydroxylation sites is 3. The Hall–Kier alpha value is -3.24. The summed E-state index contributed by atoms with van der Waals surface area (Å²) in [6.07, 6.45) is 1.17. The third kappa shape index (κ3) is 3.35. The molecule has 7 heteroatoms. The first-order valence-corrected chi connectivity index (χ1v) is 9.68. The molecule has 0 atom stereocenters. The van der Waals surface area contributed by atoms with Gasteiger partial charge in [-0.05, 0) is 43.4 Å². The van der Waals surface area contributed by atoms with Crippen LogP contribution in [0.2, 0.25) is 0 Å². The van der Waals surface area contributed by atoms with Gasteiger partial charge in [-0.15, -0.1) is 4.68 Å². The van der Waals surface area contributed by atoms with Crippen molar-refractivity contribution in [3.8, 4) is 11.8 Å². The molecule has 2 aromatic heterocycles. The van der Waals surface area contributed by atoms with Crippen molar-refractivity contribution in [2.24, 2.45) is 0 Å². The summed E-state index contributed by atoms with van der Waals surface area (Å²) in [6.45, 7) is 3.37. The standard InChI is InChI=1S/C21H20N6S/c1-16-23-18-10-5-6-11-19(18)25(16)15-12-20-24-26(14-7-13-22)21(28)27(20)17-8-3-2-4-9-17/h2-6,8-11H,7,12,14-15H2,1H3/p+1. The van der Waals surface area contributed by atoms with Crippen LogP contribution in [-0.4, -0.2) is 19.3 Å². The zero-order chi connectivity index (χ0) is 19.5. The van der Waals surface area contributed by atoms with Gasteiger partial charge in [0.1, 0.15) is 18.1 Å². The highest BCUT2D eigenvalue weighted by Gasteiger charge is 2.20. The Bertz CT molecular complexity index is 1210. The second-order valence-corrected chi connectivity index (χ2v) is 6.99. The highest BCUT2D eigenvalue weighted by molar-refractivity contribution is 7.71. The minimum atomic E-state index is 0.411. The number of rotatable bonds is 6. The lowest BCUT2D eigenvalue weighted by Gasteiger charge is -2.06. The second kappa shape index (κ2) is 7.79. The molecule has 0 saturated carbocycles. The number of benzene rings is 2. The number of aryl methyl sites for hydroxylation is 4. The largest absolute Gasteiger partial charge is 0.330 e. The monoisotopic (exact) mass is 389 g/mol. The number of nitrogens with one attached hydrogen (secondary N) is 1. The minimum absolute atomic E-state index is 0.411. The van der Waals surface area contributed by atoms with E-state index < -0.39 is 0 Å². The first-order valence-electron chi connectivity index (χ1n) is 9.27. The molecular weight excluding hydrogens is 368 g/mol. The van der Waals surface area contributed by atoms with Gasteiger partial charge in [-0.1, -0.05) is 30.3 Å². The zero-order valence-corrected chi connectivity index (χ0v) is 16.5. The summed E-state index contributed by atoms with van der Waals surface area (Å²) in [5.41, 5.74) is 3.16. The van der Waals surface area contributed by atoms with E-state index in [2.05, 4.69) is 31.4 Å². The van der Waals surface area contributed by atoms with Crippen LogP contribution >= 0.6 is 12.2 Å². The van der Waals surface area contributed by atoms with E-state index in [0.29, 0.717) is 17.7 Å². The maximum atomic E-state index is 8.94. The van der Waals surface area contributed by atoms with Crippen molar-refractivity contribution in [3.05, 3.63) is 71.0 Å². The highest BCUT2D eigenvalue weighted by Crippen LogP contribution is 2.16. The van der Waals surface area contributed by atoms with E-state index in [-0.39, 0.29) is 0 Å². The predicted molar refractivity (Wildman–Crippen MR) is 110 cm³/mol. The molecule has 1 N–H and O–H groups in total. The molecule has 0 saturated heterocycles. The maximum Gasteiger partial charge on any atom is 0.330 e. The molecule has 4 rings (SSSR count). The van der Waals surface area contributed by atoms with Crippen molar-refractivity contribution in [2.75, 3.05) is 0 Å². The van der Waals surface area contributed by atoms with E-state index in [4.69, 9.17) is 17.5 Å². The summed E-state index contributed by atoms with van der Waals surface area (Å²) < 4.78 is 6.83. The number of fused-ring (bicyclic) bond motifs is 1. The van der Waals surface area contributed by atoms with Crippen LogP contribution in [0.15, 0.2) is 54.6 Å². The quantitative estimate of drug-likeness (QED) is 0.404. The van der Waals surface area contributed by atoms with Crippen LogP contribution in [0.1, 0.15) is 18.1 Å². The second-order valence-electron chi connectivity index (χ2n) is 6.62. The lowest BCUT2D eigenvalue weighted by atomic mass is 10.3. The van der Waals surface area contributed by atoms with Gasteiger partial charge in [0.2, 0.25) is 5.82 Å². The number of aromatic nitrogens is 5. The Labute approximate surface area is 168 Å². The molecule has 2 aromatic carbocycles. The fraction of sp³-hybridized carbons (Fsp3) is 0.238. The van der Waals surface area contributed by atoms with Gasteiger partial charge in [0, 0.05) is 6.54 Å². The molecule has 0 amide bonds. The van der Waals surface area contributed by atoms with Crippen LogP contribution in [0.5, 0.6) is 0 Å². The molecule has 2 heterocycles. The fourth-order valence-electron chi connectivity index (χ4n) is 3.51. The molecule has 0 radical (unpaired) electrons. The van der Waals surface area contributed by atoms with E-state index in [0.717, 1.165) is 41.3 Å². The minimum Gasteiger partial charge on any atom is -0.328 e. The van der Waals surface area contributed by atoms with Crippen LogP contribution < -0.4 is 4.57 Å². The van der Waals surface area contributed by atoms with Crippen LogP contribution in [-0.2, 0) is 19.5 Å². The molecule has 0 aliphatic rings. The fourth-order valence-corrected chi connectivity index (χ4v) is 3.86.